The van der Waals surface area contributed by atoms with Crippen LogP contribution in [0.15, 0.2) is 4.52 Å². The zero-order chi connectivity index (χ0) is 13.2. The SMILES string of the molecule is CCC(N)C(C)c1nc(C(C)S(C)(=O)=O)no1. The fourth-order valence-electron chi connectivity index (χ4n) is 1.33. The molecule has 1 aromatic rings. The largest absolute Gasteiger partial charge is 0.339 e. The van der Waals surface area contributed by atoms with Crippen molar-refractivity contribution in [2.24, 2.45) is 5.73 Å². The van der Waals surface area contributed by atoms with Crippen LogP contribution in [0.4, 0.5) is 0 Å². The molecule has 3 atom stereocenters. The summed E-state index contributed by atoms with van der Waals surface area (Å²) in [5.41, 5.74) is 5.87. The second kappa shape index (κ2) is 5.14. The molecule has 3 unspecified atom stereocenters. The summed E-state index contributed by atoms with van der Waals surface area (Å²) in [7, 11) is -3.21. The Hall–Kier alpha value is -0.950. The normalized spacial score (nSPS) is 17.7. The molecule has 1 rings (SSSR count). The molecule has 0 aliphatic carbocycles. The minimum absolute atomic E-state index is 0.0724. The second-order valence-corrected chi connectivity index (χ2v) is 6.69. The van der Waals surface area contributed by atoms with Crippen LogP contribution in [-0.2, 0) is 9.84 Å². The van der Waals surface area contributed by atoms with Gasteiger partial charge in [0, 0.05) is 12.3 Å². The fourth-order valence-corrected chi connectivity index (χ4v) is 1.80. The molecule has 0 aliphatic rings. The van der Waals surface area contributed by atoms with Crippen LogP contribution < -0.4 is 5.73 Å². The first-order chi connectivity index (χ1) is 7.77. The van der Waals surface area contributed by atoms with Gasteiger partial charge in [0.25, 0.3) is 0 Å². The van der Waals surface area contributed by atoms with Gasteiger partial charge in [-0.2, -0.15) is 4.98 Å². The van der Waals surface area contributed by atoms with Gasteiger partial charge in [-0.15, -0.1) is 0 Å². The summed E-state index contributed by atoms with van der Waals surface area (Å²) in [6.07, 6.45) is 1.94. The Bertz CT molecular complexity index is 469. The molecule has 0 fully saturated rings. The molecule has 0 amide bonds. The molecule has 0 aliphatic heterocycles. The third-order valence-electron chi connectivity index (χ3n) is 2.97. The number of rotatable bonds is 5. The van der Waals surface area contributed by atoms with Gasteiger partial charge in [-0.25, -0.2) is 8.42 Å². The quantitative estimate of drug-likeness (QED) is 0.849. The molecule has 0 bridgehead atoms. The van der Waals surface area contributed by atoms with Crippen LogP contribution in [-0.4, -0.2) is 30.9 Å². The third kappa shape index (κ3) is 3.26. The van der Waals surface area contributed by atoms with Crippen LogP contribution in [0.1, 0.15) is 50.1 Å². The zero-order valence-electron chi connectivity index (χ0n) is 10.5. The van der Waals surface area contributed by atoms with E-state index in [0.29, 0.717) is 5.89 Å². The maximum absolute atomic E-state index is 11.4. The summed E-state index contributed by atoms with van der Waals surface area (Å²) < 4.78 is 27.8. The summed E-state index contributed by atoms with van der Waals surface area (Å²) in [6.45, 7) is 5.39. The highest BCUT2D eigenvalue weighted by Crippen LogP contribution is 2.22. The summed E-state index contributed by atoms with van der Waals surface area (Å²) in [6, 6.07) is -0.0724. The Labute approximate surface area is 102 Å². The summed E-state index contributed by atoms with van der Waals surface area (Å²) >= 11 is 0. The van der Waals surface area contributed by atoms with Crippen molar-refractivity contribution in [3.8, 4) is 0 Å². The van der Waals surface area contributed by atoms with E-state index in [0.717, 1.165) is 12.7 Å². The van der Waals surface area contributed by atoms with E-state index < -0.39 is 15.1 Å². The number of nitrogens with zero attached hydrogens (tertiary/aromatic N) is 2. The molecular weight excluding hydrogens is 242 g/mol. The zero-order valence-corrected chi connectivity index (χ0v) is 11.4. The second-order valence-electron chi connectivity index (χ2n) is 4.32. The van der Waals surface area contributed by atoms with Crippen LogP contribution in [0.5, 0.6) is 0 Å². The molecule has 0 aromatic carbocycles. The molecule has 7 heteroatoms. The van der Waals surface area contributed by atoms with Gasteiger partial charge in [0.05, 0.1) is 5.92 Å². The van der Waals surface area contributed by atoms with Gasteiger partial charge in [-0.3, -0.25) is 0 Å². The van der Waals surface area contributed by atoms with Crippen molar-refractivity contribution in [3.05, 3.63) is 11.7 Å². The van der Waals surface area contributed by atoms with E-state index in [-0.39, 0.29) is 17.8 Å². The van der Waals surface area contributed by atoms with Crippen LogP contribution in [0.2, 0.25) is 0 Å². The van der Waals surface area contributed by atoms with Crippen LogP contribution in [0, 0.1) is 0 Å². The number of aromatic nitrogens is 2. The standard InChI is InChI=1S/C10H19N3O3S/c1-5-8(11)6(2)10-12-9(13-16-10)7(3)17(4,14)15/h6-8H,5,11H2,1-4H3. The first-order valence-electron chi connectivity index (χ1n) is 5.55. The number of nitrogens with two attached hydrogens (primary N) is 1. The van der Waals surface area contributed by atoms with Crippen LogP contribution in [0.25, 0.3) is 0 Å². The van der Waals surface area contributed by atoms with E-state index in [2.05, 4.69) is 10.1 Å². The van der Waals surface area contributed by atoms with E-state index >= 15 is 0 Å². The van der Waals surface area contributed by atoms with Crippen molar-refractivity contribution in [1.82, 2.24) is 10.1 Å². The monoisotopic (exact) mass is 261 g/mol. The van der Waals surface area contributed by atoms with Gasteiger partial charge in [-0.05, 0) is 13.3 Å². The maximum atomic E-state index is 11.4. The molecule has 17 heavy (non-hydrogen) atoms. The molecule has 1 aromatic heterocycles. The maximum Gasteiger partial charge on any atom is 0.231 e. The van der Waals surface area contributed by atoms with Crippen molar-refractivity contribution in [1.29, 1.82) is 0 Å². The summed E-state index contributed by atoms with van der Waals surface area (Å²) in [5.74, 6) is 0.510. The predicted octanol–water partition coefficient (Wildman–Crippen LogP) is 1.02. The minimum atomic E-state index is -3.21. The lowest BCUT2D eigenvalue weighted by Gasteiger charge is -2.13. The van der Waals surface area contributed by atoms with E-state index in [4.69, 9.17) is 10.3 Å². The number of sulfone groups is 1. The topological polar surface area (TPSA) is 99.1 Å². The lowest BCUT2D eigenvalue weighted by molar-refractivity contribution is 0.336. The van der Waals surface area contributed by atoms with Crippen molar-refractivity contribution in [2.45, 2.75) is 44.4 Å². The highest BCUT2D eigenvalue weighted by atomic mass is 32.2. The van der Waals surface area contributed by atoms with Gasteiger partial charge in [0.1, 0.15) is 5.25 Å². The molecule has 0 radical (unpaired) electrons. The van der Waals surface area contributed by atoms with Crippen molar-refractivity contribution in [2.75, 3.05) is 6.26 Å². The van der Waals surface area contributed by atoms with Crippen LogP contribution >= 0.6 is 0 Å². The molecule has 98 valence electrons. The first-order valence-corrected chi connectivity index (χ1v) is 7.50. The summed E-state index contributed by atoms with van der Waals surface area (Å²) in [5, 5.41) is 2.94. The Kier molecular flexibility index (Phi) is 4.26. The smallest absolute Gasteiger partial charge is 0.231 e. The van der Waals surface area contributed by atoms with Crippen molar-refractivity contribution >= 4 is 9.84 Å². The highest BCUT2D eigenvalue weighted by Gasteiger charge is 2.26. The lowest BCUT2D eigenvalue weighted by Crippen LogP contribution is -2.25. The number of hydrogen-bond acceptors (Lipinski definition) is 6. The Morgan fingerprint density at radius 3 is 2.47 bits per heavy atom. The molecule has 2 N–H and O–H groups in total. The first kappa shape index (κ1) is 14.1. The Morgan fingerprint density at radius 1 is 1.41 bits per heavy atom. The fraction of sp³-hybridized carbons (Fsp3) is 0.800. The molecule has 6 nitrogen and oxygen atoms in total. The van der Waals surface area contributed by atoms with E-state index in [1.165, 1.54) is 6.92 Å². The molecular formula is C10H19N3O3S. The van der Waals surface area contributed by atoms with Gasteiger partial charge in [-0.1, -0.05) is 19.0 Å². The summed E-state index contributed by atoms with van der Waals surface area (Å²) in [4.78, 5) is 4.11. The van der Waals surface area contributed by atoms with Crippen molar-refractivity contribution < 1.29 is 12.9 Å². The predicted molar refractivity (Wildman–Crippen MR) is 64.2 cm³/mol. The van der Waals surface area contributed by atoms with E-state index in [1.807, 2.05) is 13.8 Å². The minimum Gasteiger partial charge on any atom is -0.339 e. The molecule has 1 heterocycles. The van der Waals surface area contributed by atoms with E-state index in [9.17, 15) is 8.42 Å². The van der Waals surface area contributed by atoms with Gasteiger partial charge < -0.3 is 10.3 Å². The van der Waals surface area contributed by atoms with E-state index in [1.54, 1.807) is 0 Å². The van der Waals surface area contributed by atoms with Gasteiger partial charge in [0.2, 0.25) is 5.89 Å². The number of hydrogen-bond donors (Lipinski definition) is 1. The average Bonchev–Trinajstić information content (AvgIpc) is 2.73. The van der Waals surface area contributed by atoms with Gasteiger partial charge in [0.15, 0.2) is 15.7 Å². The highest BCUT2D eigenvalue weighted by molar-refractivity contribution is 7.90. The van der Waals surface area contributed by atoms with Crippen molar-refractivity contribution in [3.63, 3.8) is 0 Å². The lowest BCUT2D eigenvalue weighted by atomic mass is 10.0. The Morgan fingerprint density at radius 2 is 2.00 bits per heavy atom. The average molecular weight is 261 g/mol. The Balaban J connectivity index is 2.93. The molecule has 0 saturated heterocycles. The molecule has 0 saturated carbocycles. The van der Waals surface area contributed by atoms with Gasteiger partial charge >= 0.3 is 0 Å². The van der Waals surface area contributed by atoms with Crippen LogP contribution in [0.3, 0.4) is 0 Å². The molecule has 0 spiro atoms. The third-order valence-corrected chi connectivity index (χ3v) is 4.46.